The molecule has 0 radical (unpaired) electrons. The fourth-order valence-corrected chi connectivity index (χ4v) is 4.37. The van der Waals surface area contributed by atoms with E-state index in [4.69, 9.17) is 16.6 Å². The van der Waals surface area contributed by atoms with Crippen molar-refractivity contribution in [2.24, 2.45) is 0 Å². The number of carbonyl (C=O) groups excluding carboxylic acids is 1. The average molecular weight is 446 g/mol. The van der Waals surface area contributed by atoms with Gasteiger partial charge in [-0.05, 0) is 37.1 Å². The largest absolute Gasteiger partial charge is 0.352 e. The number of carbonyl (C=O) groups is 1. The minimum atomic E-state index is -0.116. The lowest BCUT2D eigenvalue weighted by Crippen LogP contribution is -2.27. The molecule has 0 spiro atoms. The molecular weight excluding hydrogens is 422 g/mol. The molecule has 32 heavy (non-hydrogen) atoms. The summed E-state index contributed by atoms with van der Waals surface area (Å²) in [6.45, 7) is 1.47. The number of hydrogen-bond donors (Lipinski definition) is 1. The molecule has 3 heterocycles. The van der Waals surface area contributed by atoms with Crippen LogP contribution >= 0.6 is 11.6 Å². The number of pyridine rings is 1. The zero-order valence-electron chi connectivity index (χ0n) is 17.7. The van der Waals surface area contributed by atoms with Gasteiger partial charge in [0.1, 0.15) is 11.6 Å². The summed E-state index contributed by atoms with van der Waals surface area (Å²) < 4.78 is 2.22. The Morgan fingerprint density at radius 3 is 2.75 bits per heavy atom. The van der Waals surface area contributed by atoms with Gasteiger partial charge in [0.25, 0.3) is 5.91 Å². The second-order valence-corrected chi connectivity index (χ2v) is 8.52. The summed E-state index contributed by atoms with van der Waals surface area (Å²) in [7, 11) is 0. The van der Waals surface area contributed by atoms with Crippen LogP contribution in [0.15, 0.2) is 54.6 Å². The van der Waals surface area contributed by atoms with E-state index in [-0.39, 0.29) is 5.91 Å². The molecule has 0 saturated heterocycles. The maximum absolute atomic E-state index is 13.2. The minimum absolute atomic E-state index is 0.116. The normalized spacial score (nSPS) is 13.5. The topological polar surface area (TPSA) is 72.7 Å². The first-order valence-corrected chi connectivity index (χ1v) is 11.4. The van der Waals surface area contributed by atoms with Gasteiger partial charge in [-0.15, -0.1) is 10.2 Å². The van der Waals surface area contributed by atoms with Gasteiger partial charge in [-0.3, -0.25) is 4.79 Å². The highest BCUT2D eigenvalue weighted by molar-refractivity contribution is 6.30. The van der Waals surface area contributed by atoms with Gasteiger partial charge < -0.3 is 9.88 Å². The van der Waals surface area contributed by atoms with Crippen LogP contribution in [-0.4, -0.2) is 32.2 Å². The van der Waals surface area contributed by atoms with E-state index in [1.807, 2.05) is 54.6 Å². The minimum Gasteiger partial charge on any atom is -0.352 e. The third-order valence-corrected chi connectivity index (χ3v) is 6.17. The number of halogens is 1. The molecule has 2 aromatic heterocycles. The Bertz CT molecular complexity index is 1270. The fourth-order valence-electron chi connectivity index (χ4n) is 4.25. The predicted octanol–water partition coefficient (Wildman–Crippen LogP) is 4.85. The summed E-state index contributed by atoms with van der Waals surface area (Å²) in [4.78, 5) is 17.9. The number of rotatable bonds is 5. The standard InChI is InChI=1S/C25H24ClN5O/c26-18-11-9-17(10-12-18)22-16-20(19-6-3-4-7-21(19)28-22)25(32)27-14-13-24-30-29-23-8-2-1-5-15-31(23)24/h3-4,6-7,9-12,16H,1-2,5,8,13-15H2,(H,27,32). The molecule has 0 bridgehead atoms. The maximum atomic E-state index is 13.2. The van der Waals surface area contributed by atoms with Crippen LogP contribution in [0.1, 0.15) is 41.3 Å². The van der Waals surface area contributed by atoms with Crippen molar-refractivity contribution in [2.45, 2.75) is 38.6 Å². The molecule has 6 nitrogen and oxygen atoms in total. The van der Waals surface area contributed by atoms with Crippen LogP contribution in [0.5, 0.6) is 0 Å². The molecule has 4 aromatic rings. The smallest absolute Gasteiger partial charge is 0.252 e. The van der Waals surface area contributed by atoms with Crippen LogP contribution in [0.3, 0.4) is 0 Å². The van der Waals surface area contributed by atoms with Crippen LogP contribution in [0.2, 0.25) is 5.02 Å². The van der Waals surface area contributed by atoms with E-state index in [0.29, 0.717) is 23.6 Å². The van der Waals surface area contributed by atoms with E-state index in [1.165, 1.54) is 12.8 Å². The molecule has 162 valence electrons. The Morgan fingerprint density at radius 1 is 1.03 bits per heavy atom. The highest BCUT2D eigenvalue weighted by Crippen LogP contribution is 2.26. The van der Waals surface area contributed by atoms with Crippen molar-refractivity contribution in [3.8, 4) is 11.3 Å². The van der Waals surface area contributed by atoms with Gasteiger partial charge in [0, 0.05) is 41.9 Å². The summed E-state index contributed by atoms with van der Waals surface area (Å²) in [5.74, 6) is 1.90. The second kappa shape index (κ2) is 9.09. The molecule has 7 heteroatoms. The molecule has 2 aromatic carbocycles. The zero-order valence-corrected chi connectivity index (χ0v) is 18.5. The first kappa shape index (κ1) is 20.6. The SMILES string of the molecule is O=C(NCCc1nnc2n1CCCCC2)c1cc(-c2ccc(Cl)cc2)nc2ccccc12. The van der Waals surface area contributed by atoms with Crippen molar-refractivity contribution >= 4 is 28.4 Å². The molecule has 1 amide bonds. The van der Waals surface area contributed by atoms with E-state index in [0.717, 1.165) is 53.2 Å². The molecule has 5 rings (SSSR count). The first-order chi connectivity index (χ1) is 15.7. The van der Waals surface area contributed by atoms with Gasteiger partial charge in [0.15, 0.2) is 0 Å². The van der Waals surface area contributed by atoms with Gasteiger partial charge in [0.05, 0.1) is 16.8 Å². The molecule has 0 fully saturated rings. The van der Waals surface area contributed by atoms with Crippen molar-refractivity contribution in [1.82, 2.24) is 25.1 Å². The molecule has 0 atom stereocenters. The quantitative estimate of drug-likeness (QED) is 0.476. The molecular formula is C25H24ClN5O. The van der Waals surface area contributed by atoms with E-state index >= 15 is 0 Å². The fraction of sp³-hybridized carbons (Fsp3) is 0.280. The third-order valence-electron chi connectivity index (χ3n) is 5.92. The van der Waals surface area contributed by atoms with Gasteiger partial charge >= 0.3 is 0 Å². The molecule has 1 aliphatic heterocycles. The summed E-state index contributed by atoms with van der Waals surface area (Å²) in [6.07, 6.45) is 5.19. The highest BCUT2D eigenvalue weighted by atomic mass is 35.5. The van der Waals surface area contributed by atoms with E-state index in [9.17, 15) is 4.79 Å². The monoisotopic (exact) mass is 445 g/mol. The van der Waals surface area contributed by atoms with Crippen molar-refractivity contribution in [2.75, 3.05) is 6.54 Å². The van der Waals surface area contributed by atoms with E-state index < -0.39 is 0 Å². The predicted molar refractivity (Wildman–Crippen MR) is 126 cm³/mol. The summed E-state index contributed by atoms with van der Waals surface area (Å²) in [6, 6.07) is 17.1. The maximum Gasteiger partial charge on any atom is 0.252 e. The number of nitrogens with one attached hydrogen (secondary N) is 1. The highest BCUT2D eigenvalue weighted by Gasteiger charge is 2.16. The number of nitrogens with zero attached hydrogens (tertiary/aromatic N) is 4. The Balaban J connectivity index is 1.37. The molecule has 0 aliphatic carbocycles. The molecule has 0 unspecified atom stereocenters. The molecule has 0 saturated carbocycles. The number of benzene rings is 2. The van der Waals surface area contributed by atoms with Crippen molar-refractivity contribution < 1.29 is 4.79 Å². The number of fused-ring (bicyclic) bond motifs is 2. The summed E-state index contributed by atoms with van der Waals surface area (Å²) in [5.41, 5.74) is 3.06. The van der Waals surface area contributed by atoms with E-state index in [1.54, 1.807) is 0 Å². The van der Waals surface area contributed by atoms with Crippen LogP contribution in [0.4, 0.5) is 0 Å². The third kappa shape index (κ3) is 4.23. The van der Waals surface area contributed by atoms with Crippen molar-refractivity contribution in [1.29, 1.82) is 0 Å². The summed E-state index contributed by atoms with van der Waals surface area (Å²) in [5, 5.41) is 13.3. The lowest BCUT2D eigenvalue weighted by molar-refractivity contribution is 0.0955. The van der Waals surface area contributed by atoms with Crippen LogP contribution in [0, 0.1) is 0 Å². The Kier molecular flexibility index (Phi) is 5.86. The zero-order chi connectivity index (χ0) is 21.9. The molecule has 1 N–H and O–H groups in total. The number of amides is 1. The number of aryl methyl sites for hydroxylation is 1. The van der Waals surface area contributed by atoms with Crippen molar-refractivity contribution in [3.05, 3.63) is 76.8 Å². The second-order valence-electron chi connectivity index (χ2n) is 8.08. The average Bonchev–Trinajstić information content (AvgIpc) is 3.04. The van der Waals surface area contributed by atoms with Gasteiger partial charge in [0.2, 0.25) is 0 Å². The Hall–Kier alpha value is -3.25. The van der Waals surface area contributed by atoms with Crippen molar-refractivity contribution in [3.63, 3.8) is 0 Å². The number of hydrogen-bond acceptors (Lipinski definition) is 4. The Labute approximate surface area is 191 Å². The van der Waals surface area contributed by atoms with Gasteiger partial charge in [-0.1, -0.05) is 48.4 Å². The number of aromatic nitrogens is 4. The van der Waals surface area contributed by atoms with Gasteiger partial charge in [-0.2, -0.15) is 0 Å². The van der Waals surface area contributed by atoms with Crippen LogP contribution in [0.25, 0.3) is 22.2 Å². The molecule has 1 aliphatic rings. The lowest BCUT2D eigenvalue weighted by atomic mass is 10.0. The Morgan fingerprint density at radius 2 is 1.88 bits per heavy atom. The van der Waals surface area contributed by atoms with Gasteiger partial charge in [-0.25, -0.2) is 4.98 Å². The lowest BCUT2D eigenvalue weighted by Gasteiger charge is -2.11. The van der Waals surface area contributed by atoms with Crippen LogP contribution in [-0.2, 0) is 19.4 Å². The first-order valence-electron chi connectivity index (χ1n) is 11.0. The summed E-state index contributed by atoms with van der Waals surface area (Å²) >= 11 is 6.03. The number of para-hydroxylation sites is 1. The van der Waals surface area contributed by atoms with Crippen LogP contribution < -0.4 is 5.32 Å². The van der Waals surface area contributed by atoms with E-state index in [2.05, 4.69) is 20.1 Å².